The molecule has 41 heavy (non-hydrogen) atoms. The summed E-state index contributed by atoms with van der Waals surface area (Å²) in [6.07, 6.45) is 0. The summed E-state index contributed by atoms with van der Waals surface area (Å²) < 4.78 is 70.8. The monoisotopic (exact) mass is 749 g/mol. The van der Waals surface area contributed by atoms with Gasteiger partial charge in [-0.15, -0.1) is 22.7 Å². The quantitative estimate of drug-likeness (QED) is 0.0536. The molecule has 19 heteroatoms. The van der Waals surface area contributed by atoms with Crippen molar-refractivity contribution in [3.05, 3.63) is 86.3 Å². The number of hydrogen-bond donors (Lipinski definition) is 2. The van der Waals surface area contributed by atoms with E-state index in [2.05, 4.69) is 44.0 Å². The van der Waals surface area contributed by atoms with Crippen molar-refractivity contribution in [1.82, 2.24) is 9.97 Å². The Hall–Kier alpha value is -0.474. The maximum atomic E-state index is 12.6. The molecule has 0 aliphatic carbocycles. The number of nitrogen functional groups attached to an aromatic ring is 1. The number of aromatic amines is 1. The molecule has 0 bridgehead atoms. The Morgan fingerprint density at radius 2 is 1.41 bits per heavy atom. The molecule has 0 aliphatic rings. The van der Waals surface area contributed by atoms with Gasteiger partial charge in [-0.1, -0.05) is 11.6 Å². The molecule has 0 unspecified atom stereocenters. The number of fused-ring (bicyclic) bond motifs is 2. The summed E-state index contributed by atoms with van der Waals surface area (Å²) in [5, 5.41) is -0.250. The maximum Gasteiger partial charge on any atom is 1.00 e. The summed E-state index contributed by atoms with van der Waals surface area (Å²) in [7, 11) is 4.81. The molecule has 0 saturated carbocycles. The number of carbonyl (C=O) groups is 1. The van der Waals surface area contributed by atoms with Crippen molar-refractivity contribution in [3.63, 3.8) is 0 Å². The van der Waals surface area contributed by atoms with Crippen molar-refractivity contribution in [2.75, 3.05) is 5.73 Å². The molecule has 0 aliphatic heterocycles. The predicted octanol–water partition coefficient (Wildman–Crippen LogP) is 5.53. The van der Waals surface area contributed by atoms with Crippen LogP contribution in [0.5, 0.6) is 0 Å². The van der Waals surface area contributed by atoms with Crippen LogP contribution in [-0.2, 0) is 25.7 Å². The number of nitrogens with one attached hydrogen (secondary N) is 1. The van der Waals surface area contributed by atoms with Gasteiger partial charge in [0.1, 0.15) is 23.3 Å². The number of nitrogens with zero attached hydrogens (tertiary/aromatic N) is 1. The molecular formula is C22H15Cl3F4KN3O3S5. The first kappa shape index (κ1) is 40.5. The standard InChI is InChI=1S/C7H3ClFNS.C7H4FNS2.C6H5F2N.C2H4OS.Cl2O2S.K/c8-7-10-5-3-4(9)1-2-6(5)11-7;8-4-1-2-6-5(3-4)9-7(10)11-6;7-4-1-2-5(8)6(9)3-4;1-2(3)4;1-5(2,3)4;/h1-3H;1-3H,(H,9,10);1-3H,9H2;1H3,(H,3,4);;/q;;;;;+1/p-1. The number of aromatic nitrogens is 2. The molecule has 2 aromatic heterocycles. The Morgan fingerprint density at radius 1 is 0.951 bits per heavy atom. The minimum atomic E-state index is -3.72. The molecule has 5 aromatic rings. The minimum Gasteiger partial charge on any atom is -0.742 e. The largest absolute Gasteiger partial charge is 1.00 e. The first-order chi connectivity index (χ1) is 18.4. The van der Waals surface area contributed by atoms with E-state index in [0.717, 1.165) is 33.1 Å². The van der Waals surface area contributed by atoms with Crippen LogP contribution in [0.3, 0.4) is 0 Å². The number of thiazole rings is 2. The second-order valence-corrected chi connectivity index (χ2v) is 14.3. The normalized spacial score (nSPS) is 9.85. The zero-order chi connectivity index (χ0) is 30.6. The maximum absolute atomic E-state index is 12.6. The summed E-state index contributed by atoms with van der Waals surface area (Å²) >= 11 is 17.3. The third-order valence-electron chi connectivity index (χ3n) is 3.66. The minimum absolute atomic E-state index is 0. The van der Waals surface area contributed by atoms with E-state index in [0.29, 0.717) is 13.9 Å². The molecule has 6 nitrogen and oxygen atoms in total. The van der Waals surface area contributed by atoms with Crippen molar-refractivity contribution >= 4 is 120 Å². The summed E-state index contributed by atoms with van der Waals surface area (Å²) in [4.78, 5) is 16.1. The first-order valence-electron chi connectivity index (χ1n) is 9.97. The van der Waals surface area contributed by atoms with Crippen LogP contribution in [0.4, 0.5) is 23.2 Å². The average Bonchev–Trinajstić information content (AvgIpc) is 3.35. The fraction of sp³-hybridized carbons (Fsp3) is 0.0455. The van der Waals surface area contributed by atoms with Gasteiger partial charge in [-0.2, -0.15) is 8.42 Å². The number of hydrogen-bond acceptors (Lipinski definition) is 9. The molecule has 5 rings (SSSR count). The zero-order valence-electron chi connectivity index (χ0n) is 20.6. The Bertz CT molecular complexity index is 1740. The fourth-order valence-corrected chi connectivity index (χ4v) is 4.42. The Labute approximate surface area is 307 Å². The van der Waals surface area contributed by atoms with Crippen LogP contribution in [0.2, 0.25) is 4.47 Å². The van der Waals surface area contributed by atoms with Crippen LogP contribution in [0, 0.1) is 27.2 Å². The van der Waals surface area contributed by atoms with Crippen LogP contribution < -0.4 is 57.1 Å². The Balaban J connectivity index is 0.000000509. The third-order valence-corrected chi connectivity index (χ3v) is 6.02. The SMILES string of the molecule is CC(=O)[S-].Fc1ccc2sc(=S)[nH]c2c1.Fc1ccc2sc(Cl)nc2c1.Nc1cc(F)ccc1F.O=S(=O)(Cl)Cl.[K+]. The molecule has 0 amide bonds. The van der Waals surface area contributed by atoms with Crippen molar-refractivity contribution in [2.45, 2.75) is 6.92 Å². The summed E-state index contributed by atoms with van der Waals surface area (Å²) in [5.41, 5.74) is 6.25. The topological polar surface area (TPSA) is 106 Å². The molecule has 0 radical (unpaired) electrons. The van der Waals surface area contributed by atoms with Crippen molar-refractivity contribution in [2.24, 2.45) is 0 Å². The van der Waals surface area contributed by atoms with E-state index in [4.69, 9.17) is 38.0 Å². The molecule has 3 N–H and O–H groups in total. The van der Waals surface area contributed by atoms with Crippen molar-refractivity contribution in [3.8, 4) is 0 Å². The van der Waals surface area contributed by atoms with Gasteiger partial charge in [0.2, 0.25) is 0 Å². The second-order valence-electron chi connectivity index (χ2n) is 6.77. The van der Waals surface area contributed by atoms with Gasteiger partial charge in [0.15, 0.2) is 8.42 Å². The van der Waals surface area contributed by atoms with E-state index in [1.807, 2.05) is 0 Å². The van der Waals surface area contributed by atoms with Gasteiger partial charge in [-0.3, -0.25) is 0 Å². The van der Waals surface area contributed by atoms with E-state index >= 15 is 0 Å². The van der Waals surface area contributed by atoms with E-state index in [1.54, 1.807) is 12.1 Å². The number of nitrogens with two attached hydrogens (primary N) is 1. The summed E-state index contributed by atoms with van der Waals surface area (Å²) in [6.45, 7) is 1.34. The van der Waals surface area contributed by atoms with Gasteiger partial charge < -0.3 is 28.1 Å². The van der Waals surface area contributed by atoms with Gasteiger partial charge in [0, 0.05) is 32.5 Å². The number of benzene rings is 3. The molecule has 0 atom stereocenters. The molecule has 2 heterocycles. The van der Waals surface area contributed by atoms with Crippen LogP contribution in [-0.4, -0.2) is 23.5 Å². The predicted molar refractivity (Wildman–Crippen MR) is 161 cm³/mol. The number of rotatable bonds is 0. The van der Waals surface area contributed by atoms with E-state index in [1.165, 1.54) is 53.9 Å². The van der Waals surface area contributed by atoms with Crippen LogP contribution in [0.25, 0.3) is 20.4 Å². The number of anilines is 1. The van der Waals surface area contributed by atoms with Crippen LogP contribution in [0.15, 0.2) is 54.6 Å². The van der Waals surface area contributed by atoms with Gasteiger partial charge in [0.25, 0.3) is 0 Å². The second kappa shape index (κ2) is 19.7. The molecule has 0 spiro atoms. The van der Waals surface area contributed by atoms with Crippen LogP contribution >= 0.6 is 67.9 Å². The first-order valence-corrected chi connectivity index (χ1v) is 15.9. The van der Waals surface area contributed by atoms with Crippen molar-refractivity contribution < 1.29 is 82.2 Å². The molecule has 216 valence electrons. The van der Waals surface area contributed by atoms with E-state index < -0.39 is 19.9 Å². The number of carbonyl (C=O) groups excluding carboxylic acids is 1. The average molecular weight is 751 g/mol. The zero-order valence-corrected chi connectivity index (χ0v) is 30.1. The van der Waals surface area contributed by atoms with Crippen molar-refractivity contribution in [1.29, 1.82) is 0 Å². The van der Waals surface area contributed by atoms with E-state index in [9.17, 15) is 22.4 Å². The Morgan fingerprint density at radius 3 is 1.93 bits per heavy atom. The summed E-state index contributed by atoms with van der Waals surface area (Å²) in [6, 6.07) is 12.0. The molecular weight excluding hydrogens is 736 g/mol. The third kappa shape index (κ3) is 18.7. The smallest absolute Gasteiger partial charge is 0.742 e. The van der Waals surface area contributed by atoms with E-state index in [-0.39, 0.29) is 73.8 Å². The van der Waals surface area contributed by atoms with Gasteiger partial charge in [-0.25, -0.2) is 22.5 Å². The fourth-order valence-electron chi connectivity index (χ4n) is 2.31. The number of H-pyrrole nitrogens is 1. The van der Waals surface area contributed by atoms with Crippen LogP contribution in [0.1, 0.15) is 6.92 Å². The summed E-state index contributed by atoms with van der Waals surface area (Å²) in [5.74, 6) is -1.62. The molecule has 0 fully saturated rings. The molecule has 3 aromatic carbocycles. The van der Waals surface area contributed by atoms with Gasteiger partial charge in [0.05, 0.1) is 26.1 Å². The van der Waals surface area contributed by atoms with Gasteiger partial charge >= 0.3 is 59.6 Å². The number of halogens is 7. The molecule has 0 saturated heterocycles. The Kier molecular flexibility index (Phi) is 19.5. The van der Waals surface area contributed by atoms with Gasteiger partial charge in [-0.05, 0) is 67.7 Å².